The van der Waals surface area contributed by atoms with Crippen molar-refractivity contribution in [1.82, 2.24) is 0 Å². The maximum Gasteiger partial charge on any atom is 0.340 e. The number of phenolic OH excluding ortho intramolecular Hbond substituents is 2. The third-order valence-corrected chi connectivity index (χ3v) is 5.83. The fourth-order valence-electron chi connectivity index (χ4n) is 4.48. The van der Waals surface area contributed by atoms with E-state index in [4.69, 9.17) is 9.47 Å². The summed E-state index contributed by atoms with van der Waals surface area (Å²) in [5.41, 5.74) is 0.719. The number of aromatic hydroxyl groups is 2. The zero-order valence-electron chi connectivity index (χ0n) is 16.8. The predicted octanol–water partition coefficient (Wildman–Crippen LogP) is 5.04. The Balaban J connectivity index is 1.87. The molecule has 0 aliphatic carbocycles. The summed E-state index contributed by atoms with van der Waals surface area (Å²) in [5, 5.41) is 20.4. The molecule has 2 aliphatic rings. The number of hydrogen-bond acceptors (Lipinski definition) is 6. The van der Waals surface area contributed by atoms with E-state index in [0.29, 0.717) is 35.1 Å². The molecule has 5 rings (SSSR count). The summed E-state index contributed by atoms with van der Waals surface area (Å²) in [6.45, 7) is 1.99. The number of Topliss-reactive ketones (excluding diaryl/α,β-unsaturated/α-hetero) is 1. The van der Waals surface area contributed by atoms with Crippen molar-refractivity contribution in [2.75, 3.05) is 0 Å². The summed E-state index contributed by atoms with van der Waals surface area (Å²) < 4.78 is 12.1. The average Bonchev–Trinajstić information content (AvgIpc) is 3.04. The smallest absolute Gasteiger partial charge is 0.340 e. The molecule has 0 saturated carbocycles. The minimum Gasteiger partial charge on any atom is -0.508 e. The number of phenols is 2. The average molecular weight is 416 g/mol. The van der Waals surface area contributed by atoms with Gasteiger partial charge in [0.25, 0.3) is 0 Å². The molecule has 0 fully saturated rings. The summed E-state index contributed by atoms with van der Waals surface area (Å²) in [4.78, 5) is 26.1. The third kappa shape index (κ3) is 2.71. The first-order valence-electron chi connectivity index (χ1n) is 10.2. The van der Waals surface area contributed by atoms with Gasteiger partial charge in [0.1, 0.15) is 23.0 Å². The third-order valence-electron chi connectivity index (χ3n) is 5.83. The molecule has 0 aromatic heterocycles. The lowest BCUT2D eigenvalue weighted by Gasteiger charge is -2.37. The number of ether oxygens (including phenoxy) is 2. The summed E-state index contributed by atoms with van der Waals surface area (Å²) >= 11 is 0. The summed E-state index contributed by atoms with van der Waals surface area (Å²) in [6.07, 6.45) is 1.83. The second-order valence-corrected chi connectivity index (χ2v) is 7.79. The van der Waals surface area contributed by atoms with Crippen LogP contribution in [0, 0.1) is 0 Å². The lowest BCUT2D eigenvalue weighted by atomic mass is 9.75. The first kappa shape index (κ1) is 19.2. The molecule has 6 nitrogen and oxygen atoms in total. The number of ketones is 1. The number of fused-ring (bicyclic) bond motifs is 6. The van der Waals surface area contributed by atoms with E-state index in [9.17, 15) is 19.8 Å². The van der Waals surface area contributed by atoms with E-state index >= 15 is 0 Å². The number of unbranched alkanes of at least 4 members (excludes halogenated alkanes) is 1. The summed E-state index contributed by atoms with van der Waals surface area (Å²) in [7, 11) is 0. The van der Waals surface area contributed by atoms with Gasteiger partial charge in [-0.25, -0.2) is 4.79 Å². The molecule has 3 aromatic carbocycles. The molecular weight excluding hydrogens is 396 g/mol. The molecule has 0 radical (unpaired) electrons. The van der Waals surface area contributed by atoms with Crippen molar-refractivity contribution in [3.63, 3.8) is 0 Å². The highest BCUT2D eigenvalue weighted by Crippen LogP contribution is 2.58. The SMILES string of the molecule is CCCCC(=O)c1cc(O)cc2c1C1(OC(=O)c3ccccc31)c1ccc(O)cc1O2. The van der Waals surface area contributed by atoms with E-state index in [1.54, 1.807) is 30.3 Å². The fourth-order valence-corrected chi connectivity index (χ4v) is 4.48. The molecule has 0 bridgehead atoms. The van der Waals surface area contributed by atoms with Crippen LogP contribution in [-0.4, -0.2) is 22.0 Å². The van der Waals surface area contributed by atoms with Crippen LogP contribution >= 0.6 is 0 Å². The topological polar surface area (TPSA) is 93.1 Å². The molecule has 1 unspecified atom stereocenters. The second kappa shape index (κ2) is 6.87. The molecule has 2 N–H and O–H groups in total. The number of hydrogen-bond donors (Lipinski definition) is 2. The lowest BCUT2D eigenvalue weighted by Crippen LogP contribution is -2.35. The standard InChI is InChI=1S/C25H20O6/c1-2-3-8-20(28)17-11-15(27)13-22-23(17)25(19-10-9-14(26)12-21(19)30-22)18-7-5-4-6-16(18)24(29)31-25/h4-7,9-13,26-27H,2-3,8H2,1H3. The first-order valence-corrected chi connectivity index (χ1v) is 10.2. The number of benzene rings is 3. The van der Waals surface area contributed by atoms with Gasteiger partial charge < -0.3 is 19.7 Å². The van der Waals surface area contributed by atoms with E-state index in [1.165, 1.54) is 24.3 Å². The van der Waals surface area contributed by atoms with Gasteiger partial charge >= 0.3 is 5.97 Å². The first-order chi connectivity index (χ1) is 15.0. The zero-order valence-corrected chi connectivity index (χ0v) is 16.8. The normalized spacial score (nSPS) is 18.0. The van der Waals surface area contributed by atoms with Crippen molar-refractivity contribution in [3.8, 4) is 23.0 Å². The van der Waals surface area contributed by atoms with Gasteiger partial charge in [-0.05, 0) is 30.7 Å². The Morgan fingerprint density at radius 2 is 1.74 bits per heavy atom. The van der Waals surface area contributed by atoms with Crippen LogP contribution in [0.2, 0.25) is 0 Å². The van der Waals surface area contributed by atoms with Crippen LogP contribution in [0.3, 0.4) is 0 Å². The van der Waals surface area contributed by atoms with Crippen molar-refractivity contribution in [2.24, 2.45) is 0 Å². The van der Waals surface area contributed by atoms with Crippen LogP contribution < -0.4 is 4.74 Å². The van der Waals surface area contributed by atoms with Crippen molar-refractivity contribution in [2.45, 2.75) is 31.8 Å². The summed E-state index contributed by atoms with van der Waals surface area (Å²) in [5.74, 6) is -0.330. The van der Waals surface area contributed by atoms with Gasteiger partial charge in [0.05, 0.1) is 11.1 Å². The minimum absolute atomic E-state index is 0.0191. The van der Waals surface area contributed by atoms with Crippen molar-refractivity contribution < 1.29 is 29.3 Å². The van der Waals surface area contributed by atoms with Crippen LogP contribution in [0.25, 0.3) is 0 Å². The molecule has 0 saturated heterocycles. The number of carbonyl (C=O) groups excluding carboxylic acids is 2. The molecular formula is C25H20O6. The Labute approximate surface area is 178 Å². The Morgan fingerprint density at radius 3 is 2.55 bits per heavy atom. The Bertz CT molecular complexity index is 1240. The van der Waals surface area contributed by atoms with Crippen molar-refractivity contribution in [3.05, 3.63) is 82.4 Å². The van der Waals surface area contributed by atoms with Crippen LogP contribution in [0.1, 0.15) is 63.6 Å². The van der Waals surface area contributed by atoms with Gasteiger partial charge in [0.15, 0.2) is 11.4 Å². The Morgan fingerprint density at radius 1 is 0.968 bits per heavy atom. The van der Waals surface area contributed by atoms with Crippen LogP contribution in [-0.2, 0) is 10.3 Å². The van der Waals surface area contributed by atoms with Gasteiger partial charge in [0.2, 0.25) is 0 Å². The molecule has 156 valence electrons. The number of rotatable bonds is 4. The van der Waals surface area contributed by atoms with E-state index in [1.807, 2.05) is 6.92 Å². The van der Waals surface area contributed by atoms with E-state index in [0.717, 1.165) is 6.42 Å². The number of esters is 1. The Hall–Kier alpha value is -3.80. The highest BCUT2D eigenvalue weighted by Gasteiger charge is 2.55. The maximum absolute atomic E-state index is 13.2. The fraction of sp³-hybridized carbons (Fsp3) is 0.200. The van der Waals surface area contributed by atoms with Gasteiger partial charge in [-0.3, -0.25) is 4.79 Å². The van der Waals surface area contributed by atoms with Crippen molar-refractivity contribution in [1.29, 1.82) is 0 Å². The Kier molecular flexibility index (Phi) is 4.25. The molecule has 2 heterocycles. The lowest BCUT2D eigenvalue weighted by molar-refractivity contribution is 0.0220. The summed E-state index contributed by atoms with van der Waals surface area (Å²) in [6, 6.07) is 14.4. The zero-order chi connectivity index (χ0) is 21.8. The monoisotopic (exact) mass is 416 g/mol. The van der Waals surface area contributed by atoms with Gasteiger partial charge in [-0.2, -0.15) is 0 Å². The maximum atomic E-state index is 13.2. The van der Waals surface area contributed by atoms with Gasteiger partial charge in [-0.1, -0.05) is 31.5 Å². The highest BCUT2D eigenvalue weighted by atomic mass is 16.6. The molecule has 1 spiro atoms. The highest BCUT2D eigenvalue weighted by molar-refractivity contribution is 6.02. The molecule has 6 heteroatoms. The molecule has 1 atom stereocenters. The number of carbonyl (C=O) groups is 2. The van der Waals surface area contributed by atoms with E-state index in [2.05, 4.69) is 0 Å². The van der Waals surface area contributed by atoms with Gasteiger partial charge in [0, 0.05) is 35.2 Å². The minimum atomic E-state index is -1.42. The quantitative estimate of drug-likeness (QED) is 0.457. The molecule has 3 aromatic rings. The predicted molar refractivity (Wildman–Crippen MR) is 112 cm³/mol. The molecule has 0 amide bonds. The van der Waals surface area contributed by atoms with Crippen LogP contribution in [0.5, 0.6) is 23.0 Å². The van der Waals surface area contributed by atoms with Gasteiger partial charge in [-0.15, -0.1) is 0 Å². The van der Waals surface area contributed by atoms with Crippen LogP contribution in [0.4, 0.5) is 0 Å². The largest absolute Gasteiger partial charge is 0.508 e. The van der Waals surface area contributed by atoms with E-state index in [-0.39, 0.29) is 34.3 Å². The second-order valence-electron chi connectivity index (χ2n) is 7.79. The molecule has 2 aliphatic heterocycles. The van der Waals surface area contributed by atoms with E-state index < -0.39 is 11.6 Å². The molecule has 31 heavy (non-hydrogen) atoms. The van der Waals surface area contributed by atoms with Crippen molar-refractivity contribution >= 4 is 11.8 Å². The van der Waals surface area contributed by atoms with Crippen LogP contribution in [0.15, 0.2) is 54.6 Å².